The van der Waals surface area contributed by atoms with Gasteiger partial charge in [0.05, 0.1) is 0 Å². The van der Waals surface area contributed by atoms with Gasteiger partial charge in [-0.25, -0.2) is 4.99 Å². The molecule has 3 N–H and O–H groups in total. The summed E-state index contributed by atoms with van der Waals surface area (Å²) >= 11 is 9.58. The molecular formula is C19H24BrClN4. The van der Waals surface area contributed by atoms with Crippen molar-refractivity contribution in [3.8, 4) is 0 Å². The molecule has 0 spiro atoms. The van der Waals surface area contributed by atoms with Gasteiger partial charge < -0.3 is 16.0 Å². The molecule has 0 aliphatic heterocycles. The molecule has 0 aliphatic carbocycles. The number of hydrogen-bond acceptors (Lipinski definition) is 2. The van der Waals surface area contributed by atoms with Crippen LogP contribution in [0.5, 0.6) is 0 Å². The van der Waals surface area contributed by atoms with E-state index < -0.39 is 0 Å². The molecule has 134 valence electrons. The molecule has 0 saturated heterocycles. The summed E-state index contributed by atoms with van der Waals surface area (Å²) in [6.07, 6.45) is 1.83. The Bertz CT molecular complexity index is 761. The number of guanidine groups is 1. The highest BCUT2D eigenvalue weighted by Crippen LogP contribution is 2.24. The molecule has 0 saturated carbocycles. The van der Waals surface area contributed by atoms with Crippen molar-refractivity contribution in [2.24, 2.45) is 10.7 Å². The molecule has 0 radical (unpaired) electrons. The second-order valence-electron chi connectivity index (χ2n) is 5.69. The van der Waals surface area contributed by atoms with Gasteiger partial charge in [-0.2, -0.15) is 0 Å². The summed E-state index contributed by atoms with van der Waals surface area (Å²) in [5, 5.41) is 4.06. The average molecular weight is 424 g/mol. The second kappa shape index (κ2) is 9.11. The highest BCUT2D eigenvalue weighted by atomic mass is 79.9. The zero-order valence-corrected chi connectivity index (χ0v) is 17.2. The molecule has 0 unspecified atom stereocenters. The normalized spacial score (nSPS) is 11.5. The Morgan fingerprint density at radius 3 is 2.56 bits per heavy atom. The molecule has 0 aromatic heterocycles. The third kappa shape index (κ3) is 5.13. The number of benzene rings is 2. The summed E-state index contributed by atoms with van der Waals surface area (Å²) in [5.41, 5.74) is 10.6. The lowest BCUT2D eigenvalue weighted by molar-refractivity contribution is 1.06. The van der Waals surface area contributed by atoms with Gasteiger partial charge in [-0.15, -0.1) is 0 Å². The molecule has 2 aromatic carbocycles. The average Bonchev–Trinajstić information content (AvgIpc) is 2.61. The van der Waals surface area contributed by atoms with Gasteiger partial charge in [0.25, 0.3) is 0 Å². The van der Waals surface area contributed by atoms with E-state index in [1.165, 1.54) is 5.56 Å². The number of nitrogens with one attached hydrogen (secondary N) is 1. The third-order valence-electron chi connectivity index (χ3n) is 4.09. The van der Waals surface area contributed by atoms with Gasteiger partial charge in [0, 0.05) is 27.9 Å². The Hall–Kier alpha value is -1.72. The number of nitrogens with zero attached hydrogens (tertiary/aromatic N) is 2. The second-order valence-corrected chi connectivity index (χ2v) is 7.04. The van der Waals surface area contributed by atoms with Crippen molar-refractivity contribution < 1.29 is 0 Å². The molecule has 0 atom stereocenters. The van der Waals surface area contributed by atoms with Crippen LogP contribution in [0.3, 0.4) is 0 Å². The zero-order valence-electron chi connectivity index (χ0n) is 14.8. The van der Waals surface area contributed by atoms with Crippen LogP contribution in [0.2, 0.25) is 5.02 Å². The largest absolute Gasteiger partial charge is 0.369 e. The van der Waals surface area contributed by atoms with Crippen LogP contribution in [0.4, 0.5) is 11.4 Å². The zero-order chi connectivity index (χ0) is 18.4. The van der Waals surface area contributed by atoms with E-state index in [0.29, 0.717) is 12.6 Å². The highest BCUT2D eigenvalue weighted by Gasteiger charge is 2.10. The molecular weight excluding hydrogens is 400 g/mol. The minimum Gasteiger partial charge on any atom is -0.369 e. The number of hydrogen-bond donors (Lipinski definition) is 2. The van der Waals surface area contributed by atoms with Crippen LogP contribution < -0.4 is 16.0 Å². The predicted octanol–water partition coefficient (Wildman–Crippen LogP) is 5.05. The molecule has 0 fully saturated rings. The van der Waals surface area contributed by atoms with Gasteiger partial charge in [-0.05, 0) is 60.4 Å². The quantitative estimate of drug-likeness (QED) is 0.505. The Morgan fingerprint density at radius 1 is 1.16 bits per heavy atom. The SMILES string of the molecule is CCc1cc(Br)ccc1NCN=C(N)N(C)c1ccc(Cl)cc1CC. The van der Waals surface area contributed by atoms with Crippen LogP contribution in [0, 0.1) is 0 Å². The van der Waals surface area contributed by atoms with E-state index >= 15 is 0 Å². The summed E-state index contributed by atoms with van der Waals surface area (Å²) < 4.78 is 1.08. The monoisotopic (exact) mass is 422 g/mol. The van der Waals surface area contributed by atoms with Crippen LogP contribution in [-0.2, 0) is 12.8 Å². The molecule has 2 rings (SSSR count). The van der Waals surface area contributed by atoms with Gasteiger partial charge >= 0.3 is 0 Å². The van der Waals surface area contributed by atoms with Crippen molar-refractivity contribution in [2.45, 2.75) is 26.7 Å². The first kappa shape index (κ1) is 19.6. The number of anilines is 2. The Balaban J connectivity index is 2.09. The minimum atomic E-state index is 0.417. The van der Waals surface area contributed by atoms with E-state index in [1.54, 1.807) is 0 Å². The lowest BCUT2D eigenvalue weighted by atomic mass is 10.1. The molecule has 0 amide bonds. The van der Waals surface area contributed by atoms with Gasteiger partial charge in [0.15, 0.2) is 5.96 Å². The first-order chi connectivity index (χ1) is 12.0. The number of halogens is 2. The highest BCUT2D eigenvalue weighted by molar-refractivity contribution is 9.10. The van der Waals surface area contributed by atoms with Gasteiger partial charge in [-0.3, -0.25) is 0 Å². The summed E-state index contributed by atoms with van der Waals surface area (Å²) in [6, 6.07) is 12.0. The number of aryl methyl sites for hydroxylation is 2. The Kier molecular flexibility index (Phi) is 7.14. The van der Waals surface area contributed by atoms with Crippen molar-refractivity contribution in [1.82, 2.24) is 0 Å². The van der Waals surface area contributed by atoms with Crippen molar-refractivity contribution >= 4 is 44.9 Å². The van der Waals surface area contributed by atoms with Crippen LogP contribution in [-0.4, -0.2) is 19.7 Å². The molecule has 0 bridgehead atoms. The molecule has 6 heteroatoms. The van der Waals surface area contributed by atoms with E-state index in [4.69, 9.17) is 17.3 Å². The van der Waals surface area contributed by atoms with Crippen molar-refractivity contribution in [3.05, 3.63) is 57.0 Å². The topological polar surface area (TPSA) is 53.6 Å². The number of rotatable bonds is 6. The van der Waals surface area contributed by atoms with E-state index in [-0.39, 0.29) is 0 Å². The standard InChI is InChI=1S/C19H24BrClN4/c1-4-13-10-15(20)6-8-17(13)23-12-24-19(22)25(3)18-9-7-16(21)11-14(18)5-2/h6-11,23H,4-5,12H2,1-3H3,(H2,22,24). The van der Waals surface area contributed by atoms with Gasteiger partial charge in [0.2, 0.25) is 0 Å². The third-order valence-corrected chi connectivity index (χ3v) is 4.81. The Morgan fingerprint density at radius 2 is 1.88 bits per heavy atom. The van der Waals surface area contributed by atoms with Crippen LogP contribution in [0.25, 0.3) is 0 Å². The van der Waals surface area contributed by atoms with E-state index in [2.05, 4.69) is 46.2 Å². The van der Waals surface area contributed by atoms with E-state index in [0.717, 1.165) is 39.3 Å². The van der Waals surface area contributed by atoms with Crippen LogP contribution >= 0.6 is 27.5 Å². The fraction of sp³-hybridized carbons (Fsp3) is 0.316. The molecule has 0 heterocycles. The molecule has 25 heavy (non-hydrogen) atoms. The molecule has 0 aliphatic rings. The Labute approximate surface area is 163 Å². The van der Waals surface area contributed by atoms with Crippen molar-refractivity contribution in [1.29, 1.82) is 0 Å². The molecule has 2 aromatic rings. The lowest BCUT2D eigenvalue weighted by Gasteiger charge is -2.21. The maximum Gasteiger partial charge on any atom is 0.197 e. The summed E-state index contributed by atoms with van der Waals surface area (Å²) in [7, 11) is 1.92. The van der Waals surface area contributed by atoms with Gasteiger partial charge in [0.1, 0.15) is 6.67 Å². The fourth-order valence-electron chi connectivity index (χ4n) is 2.63. The van der Waals surface area contributed by atoms with Crippen molar-refractivity contribution in [2.75, 3.05) is 23.9 Å². The van der Waals surface area contributed by atoms with Crippen LogP contribution in [0.1, 0.15) is 25.0 Å². The van der Waals surface area contributed by atoms with E-state index in [1.807, 2.05) is 42.3 Å². The number of aliphatic imine (C=N–C) groups is 1. The minimum absolute atomic E-state index is 0.417. The van der Waals surface area contributed by atoms with E-state index in [9.17, 15) is 0 Å². The first-order valence-electron chi connectivity index (χ1n) is 8.30. The summed E-state index contributed by atoms with van der Waals surface area (Å²) in [6.45, 7) is 4.64. The summed E-state index contributed by atoms with van der Waals surface area (Å²) in [5.74, 6) is 0.458. The first-order valence-corrected chi connectivity index (χ1v) is 9.47. The fourth-order valence-corrected chi connectivity index (χ4v) is 3.23. The maximum atomic E-state index is 6.17. The maximum absolute atomic E-state index is 6.17. The van der Waals surface area contributed by atoms with Gasteiger partial charge in [-0.1, -0.05) is 41.4 Å². The summed E-state index contributed by atoms with van der Waals surface area (Å²) in [4.78, 5) is 6.34. The predicted molar refractivity (Wildman–Crippen MR) is 113 cm³/mol. The van der Waals surface area contributed by atoms with Crippen molar-refractivity contribution in [3.63, 3.8) is 0 Å². The smallest absolute Gasteiger partial charge is 0.197 e. The molecule has 4 nitrogen and oxygen atoms in total. The lowest BCUT2D eigenvalue weighted by Crippen LogP contribution is -2.35. The van der Waals surface area contributed by atoms with Crippen LogP contribution in [0.15, 0.2) is 45.9 Å². The number of nitrogens with two attached hydrogens (primary N) is 1.